The number of oxazole rings is 1. The van der Waals surface area contributed by atoms with Gasteiger partial charge in [0.25, 0.3) is 0 Å². The number of nitrogens with one attached hydrogen (secondary N) is 1. The number of hydrogen-bond donors (Lipinski definition) is 1. The fraction of sp³-hybridized carbons (Fsp3) is 0.200. The van der Waals surface area contributed by atoms with Gasteiger partial charge in [0.2, 0.25) is 17.0 Å². The Hall–Kier alpha value is -3.85. The molecule has 0 spiro atoms. The SMILES string of the molecule is CCOC(=O)C1=C(C)Nc2nc(SC)nn2[C@H]1c1ccc(-c2ncc(-c3ccccc3)o2)cc1. The maximum absolute atomic E-state index is 12.9. The zero-order chi connectivity index (χ0) is 23.7. The number of hydrogen-bond acceptors (Lipinski definition) is 8. The highest BCUT2D eigenvalue weighted by Crippen LogP contribution is 2.37. The monoisotopic (exact) mass is 473 g/mol. The van der Waals surface area contributed by atoms with E-state index in [9.17, 15) is 4.79 Å². The zero-order valence-electron chi connectivity index (χ0n) is 19.0. The second kappa shape index (κ2) is 9.18. The van der Waals surface area contributed by atoms with Crippen LogP contribution in [0.15, 0.2) is 81.6 Å². The highest BCUT2D eigenvalue weighted by molar-refractivity contribution is 7.98. The molecule has 1 aliphatic heterocycles. The molecule has 0 saturated carbocycles. The van der Waals surface area contributed by atoms with Gasteiger partial charge in [-0.15, -0.1) is 5.10 Å². The van der Waals surface area contributed by atoms with Crippen molar-refractivity contribution in [3.05, 3.63) is 77.6 Å². The number of thioether (sulfide) groups is 1. The molecule has 2 aromatic heterocycles. The lowest BCUT2D eigenvalue weighted by Gasteiger charge is -2.28. The van der Waals surface area contributed by atoms with E-state index in [4.69, 9.17) is 9.15 Å². The molecule has 1 atom stereocenters. The lowest BCUT2D eigenvalue weighted by atomic mass is 9.95. The zero-order valence-corrected chi connectivity index (χ0v) is 19.8. The molecule has 1 N–H and O–H groups in total. The largest absolute Gasteiger partial charge is 0.463 e. The quantitative estimate of drug-likeness (QED) is 0.303. The van der Waals surface area contributed by atoms with Gasteiger partial charge in [-0.25, -0.2) is 14.5 Å². The number of benzene rings is 2. The van der Waals surface area contributed by atoms with Crippen molar-refractivity contribution in [3.63, 3.8) is 0 Å². The first kappa shape index (κ1) is 22.0. The molecule has 1 aliphatic rings. The number of fused-ring (bicyclic) bond motifs is 1. The summed E-state index contributed by atoms with van der Waals surface area (Å²) in [6, 6.07) is 17.1. The highest BCUT2D eigenvalue weighted by Gasteiger charge is 2.35. The lowest BCUT2D eigenvalue weighted by molar-refractivity contribution is -0.139. The summed E-state index contributed by atoms with van der Waals surface area (Å²) in [5, 5.41) is 8.41. The molecule has 172 valence electrons. The van der Waals surface area contributed by atoms with Crippen LogP contribution in [0.1, 0.15) is 25.5 Å². The Balaban J connectivity index is 1.51. The van der Waals surface area contributed by atoms with Crippen LogP contribution in [0.25, 0.3) is 22.8 Å². The van der Waals surface area contributed by atoms with Gasteiger partial charge in [0.1, 0.15) is 6.04 Å². The predicted molar refractivity (Wildman–Crippen MR) is 130 cm³/mol. The number of nitrogens with zero attached hydrogens (tertiary/aromatic N) is 4. The Kier molecular flexibility index (Phi) is 5.93. The Morgan fingerprint density at radius 2 is 1.91 bits per heavy atom. The van der Waals surface area contributed by atoms with Crippen molar-refractivity contribution in [1.82, 2.24) is 19.7 Å². The minimum atomic E-state index is -0.470. The summed E-state index contributed by atoms with van der Waals surface area (Å²) < 4.78 is 13.1. The molecule has 3 heterocycles. The third-order valence-corrected chi connectivity index (χ3v) is 6.09. The standard InChI is InChI=1S/C25H23N5O3S/c1-4-32-23(31)20-15(2)27-24-28-25(34-3)29-30(24)21(20)17-10-12-18(13-11-17)22-26-14-19(33-22)16-8-6-5-7-9-16/h5-14,21H,4H2,1-3H3,(H,27,28,29)/t21-/m0/s1. The number of carbonyl (C=O) groups is 1. The van der Waals surface area contributed by atoms with Gasteiger partial charge in [-0.2, -0.15) is 4.98 Å². The van der Waals surface area contributed by atoms with Crippen LogP contribution < -0.4 is 5.32 Å². The number of aromatic nitrogens is 4. The van der Waals surface area contributed by atoms with Crippen molar-refractivity contribution in [2.45, 2.75) is 25.0 Å². The molecule has 0 bridgehead atoms. The molecule has 0 fully saturated rings. The van der Waals surface area contributed by atoms with E-state index >= 15 is 0 Å². The van der Waals surface area contributed by atoms with Crippen molar-refractivity contribution in [2.24, 2.45) is 0 Å². The smallest absolute Gasteiger partial charge is 0.338 e. The van der Waals surface area contributed by atoms with Gasteiger partial charge in [0.15, 0.2) is 5.76 Å². The maximum atomic E-state index is 12.9. The van der Waals surface area contributed by atoms with Crippen LogP contribution in [0.3, 0.4) is 0 Å². The summed E-state index contributed by atoms with van der Waals surface area (Å²) in [6.07, 6.45) is 3.64. The van der Waals surface area contributed by atoms with Crippen LogP contribution in [0, 0.1) is 0 Å². The van der Waals surface area contributed by atoms with Gasteiger partial charge < -0.3 is 14.5 Å². The topological polar surface area (TPSA) is 95.1 Å². The summed E-state index contributed by atoms with van der Waals surface area (Å²) in [5.41, 5.74) is 3.88. The maximum Gasteiger partial charge on any atom is 0.338 e. The Morgan fingerprint density at radius 1 is 1.15 bits per heavy atom. The van der Waals surface area contributed by atoms with Gasteiger partial charge >= 0.3 is 5.97 Å². The van der Waals surface area contributed by atoms with Gasteiger partial charge in [-0.3, -0.25) is 0 Å². The second-order valence-corrected chi connectivity index (χ2v) is 8.44. The molecule has 0 amide bonds. The highest BCUT2D eigenvalue weighted by atomic mass is 32.2. The lowest BCUT2D eigenvalue weighted by Crippen LogP contribution is -2.29. The van der Waals surface area contributed by atoms with E-state index in [1.165, 1.54) is 11.8 Å². The van der Waals surface area contributed by atoms with Crippen LogP contribution in [0.2, 0.25) is 0 Å². The summed E-state index contributed by atoms with van der Waals surface area (Å²) in [6.45, 7) is 3.93. The molecule has 0 aliphatic carbocycles. The minimum Gasteiger partial charge on any atom is -0.463 e. The third kappa shape index (κ3) is 3.99. The van der Waals surface area contributed by atoms with Gasteiger partial charge in [-0.05, 0) is 37.8 Å². The molecular weight excluding hydrogens is 450 g/mol. The second-order valence-electron chi connectivity index (χ2n) is 7.67. The number of esters is 1. The molecule has 5 rings (SSSR count). The first-order valence-electron chi connectivity index (χ1n) is 10.9. The van der Waals surface area contributed by atoms with Gasteiger partial charge in [-0.1, -0.05) is 54.2 Å². The van der Waals surface area contributed by atoms with Crippen LogP contribution in [-0.2, 0) is 9.53 Å². The first-order valence-corrected chi connectivity index (χ1v) is 12.1. The van der Waals surface area contributed by atoms with Crippen LogP contribution in [0.4, 0.5) is 5.95 Å². The van der Waals surface area contributed by atoms with Crippen LogP contribution >= 0.6 is 11.8 Å². The molecular formula is C25H23N5O3S. The molecule has 4 aromatic rings. The molecule has 34 heavy (non-hydrogen) atoms. The summed E-state index contributed by atoms with van der Waals surface area (Å²) >= 11 is 1.44. The van der Waals surface area contributed by atoms with E-state index in [0.717, 1.165) is 16.7 Å². The Bertz CT molecular complexity index is 1360. The summed E-state index contributed by atoms with van der Waals surface area (Å²) in [5.74, 6) is 1.44. The third-order valence-electron chi connectivity index (χ3n) is 5.55. The van der Waals surface area contributed by atoms with Crippen LogP contribution in [-0.4, -0.2) is 38.6 Å². The number of rotatable bonds is 6. The fourth-order valence-electron chi connectivity index (χ4n) is 3.95. The van der Waals surface area contributed by atoms with Crippen molar-refractivity contribution in [2.75, 3.05) is 18.2 Å². The average Bonchev–Trinajstić information content (AvgIpc) is 3.51. The molecule has 2 aromatic carbocycles. The molecule has 9 heteroatoms. The summed E-state index contributed by atoms with van der Waals surface area (Å²) in [7, 11) is 0. The van der Waals surface area contributed by atoms with Crippen molar-refractivity contribution < 1.29 is 13.9 Å². The first-order chi connectivity index (χ1) is 16.6. The molecule has 0 radical (unpaired) electrons. The Morgan fingerprint density at radius 3 is 2.62 bits per heavy atom. The van der Waals surface area contributed by atoms with E-state index in [0.29, 0.717) is 34.0 Å². The minimum absolute atomic E-state index is 0.287. The average molecular weight is 474 g/mol. The van der Waals surface area contributed by atoms with Gasteiger partial charge in [0, 0.05) is 16.8 Å². The fourth-order valence-corrected chi connectivity index (χ4v) is 4.30. The van der Waals surface area contributed by atoms with Crippen molar-refractivity contribution in [1.29, 1.82) is 0 Å². The van der Waals surface area contributed by atoms with Gasteiger partial charge in [0.05, 0.1) is 18.4 Å². The van der Waals surface area contributed by atoms with Crippen molar-refractivity contribution >= 4 is 23.7 Å². The molecule has 8 nitrogen and oxygen atoms in total. The number of carbonyl (C=O) groups excluding carboxylic acids is 1. The number of allylic oxidation sites excluding steroid dienone is 1. The van der Waals surface area contributed by atoms with Crippen molar-refractivity contribution in [3.8, 4) is 22.8 Å². The normalized spacial score (nSPS) is 15.1. The predicted octanol–water partition coefficient (Wildman–Crippen LogP) is 5.17. The Labute approximate surface area is 201 Å². The van der Waals surface area contributed by atoms with E-state index in [1.807, 2.05) is 67.8 Å². The van der Waals surface area contributed by atoms with E-state index < -0.39 is 6.04 Å². The molecule has 0 unspecified atom stereocenters. The number of anilines is 1. The van der Waals surface area contributed by atoms with E-state index in [1.54, 1.807) is 17.8 Å². The van der Waals surface area contributed by atoms with E-state index in [-0.39, 0.29) is 12.6 Å². The number of ether oxygens (including phenoxy) is 1. The molecule has 0 saturated heterocycles. The van der Waals surface area contributed by atoms with Crippen LogP contribution in [0.5, 0.6) is 0 Å². The van der Waals surface area contributed by atoms with E-state index in [2.05, 4.69) is 20.4 Å². The summed E-state index contributed by atoms with van der Waals surface area (Å²) in [4.78, 5) is 21.9.